The van der Waals surface area contributed by atoms with Crippen LogP contribution in [0.25, 0.3) is 0 Å². The van der Waals surface area contributed by atoms with Gasteiger partial charge in [-0.15, -0.1) is 0 Å². The van der Waals surface area contributed by atoms with Crippen LogP contribution in [-0.4, -0.2) is 21.3 Å². The summed E-state index contributed by atoms with van der Waals surface area (Å²) >= 11 is 10.6. The fraction of sp³-hybridized carbons (Fsp3) is 0. The van der Waals surface area contributed by atoms with Gasteiger partial charge in [0.05, 0.1) is 5.56 Å². The number of aromatic amines is 1. The lowest BCUT2D eigenvalue weighted by molar-refractivity contribution is 0.0695. The summed E-state index contributed by atoms with van der Waals surface area (Å²) < 4.78 is 0.0872. The van der Waals surface area contributed by atoms with Crippen molar-refractivity contribution in [2.45, 2.75) is 0 Å². The number of hydrogen-bond donors (Lipinski definition) is 3. The minimum atomic E-state index is -1.10. The topological polar surface area (TPSA) is 78.0 Å². The quantitative estimate of drug-likeness (QED) is 0.753. The summed E-state index contributed by atoms with van der Waals surface area (Å²) in [7, 11) is 0. The summed E-state index contributed by atoms with van der Waals surface area (Å²) in [6.07, 6.45) is 0. The first kappa shape index (κ1) is 12.5. The number of halogens is 1. The number of aromatic nitrogens is 2. The van der Waals surface area contributed by atoms with Gasteiger partial charge >= 0.3 is 5.97 Å². The van der Waals surface area contributed by atoms with Crippen LogP contribution in [0.3, 0.4) is 0 Å². The Balaban J connectivity index is 2.30. The fourth-order valence-electron chi connectivity index (χ4n) is 1.31. The Bertz CT molecular complexity index is 639. The highest BCUT2D eigenvalue weighted by atomic mass is 35.5. The molecule has 0 bridgehead atoms. The van der Waals surface area contributed by atoms with Gasteiger partial charge in [-0.2, -0.15) is 5.10 Å². The first-order chi connectivity index (χ1) is 8.56. The molecule has 7 heteroatoms. The van der Waals surface area contributed by atoms with Crippen molar-refractivity contribution in [3.63, 3.8) is 0 Å². The second-order valence-electron chi connectivity index (χ2n) is 3.43. The largest absolute Gasteiger partial charge is 0.478 e. The number of carboxylic acids is 1. The highest BCUT2D eigenvalue weighted by Crippen LogP contribution is 2.18. The van der Waals surface area contributed by atoms with Gasteiger partial charge in [0, 0.05) is 16.8 Å². The molecule has 0 atom stereocenters. The van der Waals surface area contributed by atoms with E-state index in [9.17, 15) is 4.79 Å². The lowest BCUT2D eigenvalue weighted by atomic mass is 10.3. The summed E-state index contributed by atoms with van der Waals surface area (Å²) in [4.78, 5) is 10.9. The molecule has 0 fully saturated rings. The number of nitrogens with zero attached hydrogens (tertiary/aromatic N) is 1. The maximum absolute atomic E-state index is 10.9. The zero-order valence-electron chi connectivity index (χ0n) is 8.98. The Hall–Kier alpha value is -1.92. The second-order valence-corrected chi connectivity index (χ2v) is 4.28. The first-order valence-corrected chi connectivity index (χ1v) is 5.70. The van der Waals surface area contributed by atoms with Crippen LogP contribution in [0.15, 0.2) is 30.3 Å². The van der Waals surface area contributed by atoms with E-state index in [2.05, 4.69) is 15.5 Å². The van der Waals surface area contributed by atoms with E-state index in [1.807, 2.05) is 0 Å². The lowest BCUT2D eigenvalue weighted by Gasteiger charge is -2.05. The summed E-state index contributed by atoms with van der Waals surface area (Å²) in [6, 6.07) is 8.31. The summed E-state index contributed by atoms with van der Waals surface area (Å²) in [6.45, 7) is 0. The number of hydrogen-bond acceptors (Lipinski definition) is 4. The van der Waals surface area contributed by atoms with Crippen LogP contribution in [0.4, 0.5) is 11.5 Å². The molecule has 18 heavy (non-hydrogen) atoms. The molecular formula is C11H8ClN3O2S. The van der Waals surface area contributed by atoms with Crippen molar-refractivity contribution in [3.05, 3.63) is 45.6 Å². The van der Waals surface area contributed by atoms with Crippen LogP contribution >= 0.6 is 23.8 Å². The third-order valence-electron chi connectivity index (χ3n) is 2.15. The number of anilines is 2. The van der Waals surface area contributed by atoms with E-state index in [-0.39, 0.29) is 10.2 Å². The van der Waals surface area contributed by atoms with Crippen molar-refractivity contribution in [1.82, 2.24) is 10.2 Å². The van der Waals surface area contributed by atoms with Gasteiger partial charge in [-0.1, -0.05) is 23.8 Å². The van der Waals surface area contributed by atoms with Gasteiger partial charge in [0.2, 0.25) is 0 Å². The smallest absolute Gasteiger partial charge is 0.338 e. The molecule has 1 aromatic carbocycles. The van der Waals surface area contributed by atoms with E-state index >= 15 is 0 Å². The van der Waals surface area contributed by atoms with Crippen molar-refractivity contribution in [2.75, 3.05) is 5.32 Å². The molecule has 2 aromatic rings. The third kappa shape index (κ3) is 2.85. The molecule has 0 spiro atoms. The molecule has 92 valence electrons. The maximum Gasteiger partial charge on any atom is 0.338 e. The van der Waals surface area contributed by atoms with Crippen molar-refractivity contribution >= 4 is 41.3 Å². The molecule has 5 nitrogen and oxygen atoms in total. The Morgan fingerprint density at radius 1 is 1.39 bits per heavy atom. The predicted molar refractivity (Wildman–Crippen MR) is 71.1 cm³/mol. The number of nitrogens with one attached hydrogen (secondary N) is 2. The molecule has 0 radical (unpaired) electrons. The van der Waals surface area contributed by atoms with Gasteiger partial charge in [-0.3, -0.25) is 5.10 Å². The SMILES string of the molecule is O=C(O)c1cc(Nc2ccc(Cl)cc2)n[nH]c1=S. The number of rotatable bonds is 3. The van der Waals surface area contributed by atoms with E-state index in [0.717, 1.165) is 5.69 Å². The molecule has 1 heterocycles. The summed E-state index contributed by atoms with van der Waals surface area (Å²) in [5, 5.41) is 18.9. The normalized spacial score (nSPS) is 10.1. The molecule has 1 aromatic heterocycles. The number of benzene rings is 1. The summed E-state index contributed by atoms with van der Waals surface area (Å²) in [5.41, 5.74) is 0.741. The van der Waals surface area contributed by atoms with Crippen LogP contribution in [0.5, 0.6) is 0 Å². The highest BCUT2D eigenvalue weighted by Gasteiger charge is 2.08. The molecule has 0 unspecified atom stereocenters. The Morgan fingerprint density at radius 2 is 2.06 bits per heavy atom. The zero-order valence-corrected chi connectivity index (χ0v) is 10.5. The van der Waals surface area contributed by atoms with Gasteiger partial charge < -0.3 is 10.4 Å². The standard InChI is InChI=1S/C11H8ClN3O2S/c12-6-1-3-7(4-2-6)13-9-5-8(11(16)17)10(18)15-14-9/h1-5H,(H,13,14)(H,15,18)(H,16,17). The monoisotopic (exact) mass is 281 g/mol. The Kier molecular flexibility index (Phi) is 3.59. The van der Waals surface area contributed by atoms with Crippen molar-refractivity contribution in [2.24, 2.45) is 0 Å². The van der Waals surface area contributed by atoms with Gasteiger partial charge in [-0.25, -0.2) is 4.79 Å². The lowest BCUT2D eigenvalue weighted by Crippen LogP contribution is -2.03. The van der Waals surface area contributed by atoms with Gasteiger partial charge in [-0.05, 0) is 24.3 Å². The molecule has 0 aliphatic carbocycles. The molecule has 0 aliphatic heterocycles. The number of aromatic carboxylic acids is 1. The van der Waals surface area contributed by atoms with Crippen LogP contribution in [-0.2, 0) is 0 Å². The molecular weight excluding hydrogens is 274 g/mol. The van der Waals surface area contributed by atoms with Crippen LogP contribution < -0.4 is 5.32 Å². The van der Waals surface area contributed by atoms with Crippen LogP contribution in [0.1, 0.15) is 10.4 Å². The van der Waals surface area contributed by atoms with E-state index in [1.54, 1.807) is 24.3 Å². The number of H-pyrrole nitrogens is 1. The number of carboxylic acid groups (broad SMARTS) is 1. The Labute approximate surface area is 112 Å². The van der Waals surface area contributed by atoms with Gasteiger partial charge in [0.15, 0.2) is 5.82 Å². The van der Waals surface area contributed by atoms with Crippen LogP contribution in [0, 0.1) is 4.64 Å². The molecule has 0 saturated heterocycles. The predicted octanol–water partition coefficient (Wildman–Crippen LogP) is 3.23. The molecule has 0 aliphatic rings. The average molecular weight is 282 g/mol. The second kappa shape index (κ2) is 5.16. The molecule has 0 saturated carbocycles. The zero-order chi connectivity index (χ0) is 13.1. The summed E-state index contributed by atoms with van der Waals surface area (Å²) in [5.74, 6) is -0.735. The van der Waals surface area contributed by atoms with Gasteiger partial charge in [0.25, 0.3) is 0 Å². The minimum absolute atomic E-state index is 0.00327. The molecule has 2 rings (SSSR count). The maximum atomic E-state index is 10.9. The van der Waals surface area contributed by atoms with E-state index < -0.39 is 5.97 Å². The number of carbonyl (C=O) groups is 1. The van der Waals surface area contributed by atoms with Crippen LogP contribution in [0.2, 0.25) is 5.02 Å². The average Bonchev–Trinajstić information content (AvgIpc) is 2.34. The molecule has 3 N–H and O–H groups in total. The van der Waals surface area contributed by atoms with Crippen molar-refractivity contribution < 1.29 is 9.90 Å². The fourth-order valence-corrected chi connectivity index (χ4v) is 1.63. The van der Waals surface area contributed by atoms with E-state index in [4.69, 9.17) is 28.9 Å². The van der Waals surface area contributed by atoms with Crippen molar-refractivity contribution in [3.8, 4) is 0 Å². The van der Waals surface area contributed by atoms with E-state index in [0.29, 0.717) is 10.8 Å². The van der Waals surface area contributed by atoms with Gasteiger partial charge in [0.1, 0.15) is 4.64 Å². The first-order valence-electron chi connectivity index (χ1n) is 4.92. The van der Waals surface area contributed by atoms with Crippen molar-refractivity contribution in [1.29, 1.82) is 0 Å². The minimum Gasteiger partial charge on any atom is -0.478 e. The Morgan fingerprint density at radius 3 is 2.67 bits per heavy atom. The highest BCUT2D eigenvalue weighted by molar-refractivity contribution is 7.71. The third-order valence-corrected chi connectivity index (χ3v) is 2.71. The van der Waals surface area contributed by atoms with E-state index in [1.165, 1.54) is 6.07 Å². The molecule has 0 amide bonds.